The first kappa shape index (κ1) is 14.3. The minimum atomic E-state index is -4.34. The van der Waals surface area contributed by atoms with Crippen molar-refractivity contribution >= 4 is 11.9 Å². The maximum atomic E-state index is 12.1. The van der Waals surface area contributed by atoms with Crippen LogP contribution in [0.3, 0.4) is 0 Å². The Balaban J connectivity index is 2.83. The summed E-state index contributed by atoms with van der Waals surface area (Å²) in [5.74, 6) is -0.0624. The van der Waals surface area contributed by atoms with Crippen LogP contribution in [0.15, 0.2) is 0 Å². The van der Waals surface area contributed by atoms with E-state index in [0.29, 0.717) is 0 Å². The van der Waals surface area contributed by atoms with Gasteiger partial charge in [0, 0.05) is 7.05 Å². The second-order valence-electron chi connectivity index (χ2n) is 3.65. The van der Waals surface area contributed by atoms with Gasteiger partial charge < -0.3 is 15.4 Å². The molecule has 0 saturated carbocycles. The SMILES string of the molecule is CNc1nc(NCC(F)(F)F)nc(OC(C)C)n1. The van der Waals surface area contributed by atoms with Crippen molar-refractivity contribution in [3.05, 3.63) is 0 Å². The average molecular weight is 265 g/mol. The first-order valence-corrected chi connectivity index (χ1v) is 5.21. The van der Waals surface area contributed by atoms with Gasteiger partial charge in [-0.2, -0.15) is 28.1 Å². The normalized spacial score (nSPS) is 11.5. The molecule has 0 atom stereocenters. The van der Waals surface area contributed by atoms with Gasteiger partial charge in [-0.15, -0.1) is 0 Å². The lowest BCUT2D eigenvalue weighted by atomic mass is 10.5. The van der Waals surface area contributed by atoms with Gasteiger partial charge in [-0.05, 0) is 13.8 Å². The van der Waals surface area contributed by atoms with Gasteiger partial charge in [0.05, 0.1) is 6.10 Å². The van der Waals surface area contributed by atoms with E-state index in [1.54, 1.807) is 20.9 Å². The molecule has 0 aliphatic rings. The van der Waals surface area contributed by atoms with Crippen molar-refractivity contribution in [1.82, 2.24) is 15.0 Å². The third kappa shape index (κ3) is 5.02. The number of hydrogen-bond donors (Lipinski definition) is 2. The molecule has 0 aromatic carbocycles. The third-order valence-corrected chi connectivity index (χ3v) is 1.63. The Morgan fingerprint density at radius 2 is 1.78 bits per heavy atom. The van der Waals surface area contributed by atoms with Crippen LogP contribution in [-0.4, -0.2) is 40.8 Å². The minimum Gasteiger partial charge on any atom is -0.461 e. The molecule has 0 amide bonds. The molecule has 0 aliphatic carbocycles. The number of alkyl halides is 3. The summed E-state index contributed by atoms with van der Waals surface area (Å²) in [4.78, 5) is 11.3. The van der Waals surface area contributed by atoms with Gasteiger partial charge in [-0.3, -0.25) is 0 Å². The van der Waals surface area contributed by atoms with Gasteiger partial charge >= 0.3 is 12.2 Å². The van der Waals surface area contributed by atoms with E-state index >= 15 is 0 Å². The van der Waals surface area contributed by atoms with E-state index in [1.807, 2.05) is 0 Å². The molecule has 0 bridgehead atoms. The molecule has 6 nitrogen and oxygen atoms in total. The molecule has 0 radical (unpaired) electrons. The first-order chi connectivity index (χ1) is 8.30. The van der Waals surface area contributed by atoms with Crippen LogP contribution in [-0.2, 0) is 0 Å². The summed E-state index contributed by atoms with van der Waals surface area (Å²) in [7, 11) is 1.54. The number of aromatic nitrogens is 3. The van der Waals surface area contributed by atoms with Gasteiger partial charge in [0.25, 0.3) is 0 Å². The Kier molecular flexibility index (Phi) is 4.51. The summed E-state index contributed by atoms with van der Waals surface area (Å²) in [6, 6.07) is -0.0333. The number of halogens is 3. The molecule has 1 heterocycles. The van der Waals surface area contributed by atoms with E-state index in [4.69, 9.17) is 4.74 Å². The maximum absolute atomic E-state index is 12.1. The molecule has 18 heavy (non-hydrogen) atoms. The standard InChI is InChI=1S/C9H14F3N5O/c1-5(2)18-8-16-6(13-3)15-7(17-8)14-4-9(10,11)12/h5H,4H2,1-3H3,(H2,13,14,15,16,17). The molecular formula is C9H14F3N5O. The number of nitrogens with one attached hydrogen (secondary N) is 2. The molecule has 0 spiro atoms. The van der Waals surface area contributed by atoms with E-state index in [9.17, 15) is 13.2 Å². The van der Waals surface area contributed by atoms with Crippen LogP contribution in [0, 0.1) is 0 Å². The second-order valence-corrected chi connectivity index (χ2v) is 3.65. The lowest BCUT2D eigenvalue weighted by Crippen LogP contribution is -2.23. The van der Waals surface area contributed by atoms with Crippen LogP contribution in [0.25, 0.3) is 0 Å². The first-order valence-electron chi connectivity index (χ1n) is 5.21. The van der Waals surface area contributed by atoms with Crippen LogP contribution in [0.1, 0.15) is 13.8 Å². The lowest BCUT2D eigenvalue weighted by Gasteiger charge is -2.12. The zero-order valence-electron chi connectivity index (χ0n) is 10.2. The molecule has 0 saturated heterocycles. The Morgan fingerprint density at radius 3 is 2.28 bits per heavy atom. The fourth-order valence-electron chi connectivity index (χ4n) is 0.990. The van der Waals surface area contributed by atoms with Gasteiger partial charge in [-0.25, -0.2) is 0 Å². The molecule has 0 fully saturated rings. The van der Waals surface area contributed by atoms with Crippen LogP contribution in [0.5, 0.6) is 6.01 Å². The lowest BCUT2D eigenvalue weighted by molar-refractivity contribution is -0.115. The molecule has 2 N–H and O–H groups in total. The van der Waals surface area contributed by atoms with Crippen molar-refractivity contribution in [2.24, 2.45) is 0 Å². The van der Waals surface area contributed by atoms with Crippen molar-refractivity contribution in [2.45, 2.75) is 26.1 Å². The van der Waals surface area contributed by atoms with Crippen molar-refractivity contribution < 1.29 is 17.9 Å². The molecule has 102 valence electrons. The number of rotatable bonds is 5. The summed E-state index contributed by atoms with van der Waals surface area (Å²) >= 11 is 0. The number of ether oxygens (including phenoxy) is 1. The average Bonchev–Trinajstić information content (AvgIpc) is 2.24. The van der Waals surface area contributed by atoms with Crippen LogP contribution in [0.2, 0.25) is 0 Å². The van der Waals surface area contributed by atoms with Crippen LogP contribution >= 0.6 is 0 Å². The second kappa shape index (κ2) is 5.69. The van der Waals surface area contributed by atoms with Gasteiger partial charge in [-0.1, -0.05) is 0 Å². The fourth-order valence-corrected chi connectivity index (χ4v) is 0.990. The van der Waals surface area contributed by atoms with E-state index in [1.165, 1.54) is 0 Å². The third-order valence-electron chi connectivity index (χ3n) is 1.63. The summed E-state index contributed by atoms with van der Waals surface area (Å²) in [6.07, 6.45) is -4.53. The minimum absolute atomic E-state index is 0.0333. The fraction of sp³-hybridized carbons (Fsp3) is 0.667. The molecule has 1 rings (SSSR count). The highest BCUT2D eigenvalue weighted by Gasteiger charge is 2.27. The molecule has 9 heteroatoms. The van der Waals surface area contributed by atoms with Crippen LogP contribution < -0.4 is 15.4 Å². The van der Waals surface area contributed by atoms with Crippen LogP contribution in [0.4, 0.5) is 25.1 Å². The zero-order chi connectivity index (χ0) is 13.8. The predicted molar refractivity (Wildman–Crippen MR) is 59.7 cm³/mol. The molecule has 0 unspecified atom stereocenters. The van der Waals surface area contributed by atoms with Gasteiger partial charge in [0.2, 0.25) is 11.9 Å². The predicted octanol–water partition coefficient (Wildman–Crippen LogP) is 1.67. The summed E-state index contributed by atoms with van der Waals surface area (Å²) in [5.41, 5.74) is 0. The van der Waals surface area contributed by atoms with Crippen molar-refractivity contribution in [3.8, 4) is 6.01 Å². The van der Waals surface area contributed by atoms with Gasteiger partial charge in [0.15, 0.2) is 0 Å². The highest BCUT2D eigenvalue weighted by molar-refractivity contribution is 5.35. The monoisotopic (exact) mass is 265 g/mol. The summed E-state index contributed by atoms with van der Waals surface area (Å²) in [6.45, 7) is 2.29. The Bertz CT molecular complexity index is 396. The number of nitrogens with zero attached hydrogens (tertiary/aromatic N) is 3. The van der Waals surface area contributed by atoms with Crippen molar-refractivity contribution in [1.29, 1.82) is 0 Å². The molecular weight excluding hydrogens is 251 g/mol. The van der Waals surface area contributed by atoms with Crippen molar-refractivity contribution in [2.75, 3.05) is 24.2 Å². The van der Waals surface area contributed by atoms with E-state index in [2.05, 4.69) is 25.6 Å². The molecule has 1 aromatic heterocycles. The molecule has 1 aromatic rings. The topological polar surface area (TPSA) is 72.0 Å². The molecule has 0 aliphatic heterocycles. The van der Waals surface area contributed by atoms with E-state index < -0.39 is 12.7 Å². The highest BCUT2D eigenvalue weighted by atomic mass is 19.4. The smallest absolute Gasteiger partial charge is 0.405 e. The number of hydrogen-bond acceptors (Lipinski definition) is 6. The van der Waals surface area contributed by atoms with E-state index in [-0.39, 0.29) is 24.0 Å². The largest absolute Gasteiger partial charge is 0.461 e. The zero-order valence-corrected chi connectivity index (χ0v) is 10.2. The Hall–Kier alpha value is -1.80. The maximum Gasteiger partial charge on any atom is 0.405 e. The van der Waals surface area contributed by atoms with Crippen molar-refractivity contribution in [3.63, 3.8) is 0 Å². The quantitative estimate of drug-likeness (QED) is 0.843. The highest BCUT2D eigenvalue weighted by Crippen LogP contribution is 2.17. The Morgan fingerprint density at radius 1 is 1.17 bits per heavy atom. The van der Waals surface area contributed by atoms with Gasteiger partial charge in [0.1, 0.15) is 6.54 Å². The Labute approximate surface area is 102 Å². The number of anilines is 2. The van der Waals surface area contributed by atoms with E-state index in [0.717, 1.165) is 0 Å². The summed E-state index contributed by atoms with van der Waals surface area (Å²) < 4.78 is 41.4. The summed E-state index contributed by atoms with van der Waals surface area (Å²) in [5, 5.41) is 4.68.